The molecule has 0 spiro atoms. The molecule has 0 aliphatic carbocycles. The standard InChI is InChI=1S/C19H22N2O4/c22-12-11-21(14-15-7-3-1-4-8-15)17(19(24)25)13-18(23)20-16-9-5-2-6-10-16/h1-10,17,22H,11-14H2,(H,20,23)(H,24,25)/t17-/m1/s1. The Hall–Kier alpha value is -2.70. The summed E-state index contributed by atoms with van der Waals surface area (Å²) < 4.78 is 0. The predicted molar refractivity (Wildman–Crippen MR) is 95.1 cm³/mol. The number of carbonyl (C=O) groups excluding carboxylic acids is 1. The van der Waals surface area contributed by atoms with Gasteiger partial charge in [0.05, 0.1) is 13.0 Å². The smallest absolute Gasteiger partial charge is 0.321 e. The lowest BCUT2D eigenvalue weighted by Gasteiger charge is -2.28. The van der Waals surface area contributed by atoms with Crippen molar-refractivity contribution < 1.29 is 19.8 Å². The first-order chi connectivity index (χ1) is 12.1. The van der Waals surface area contributed by atoms with E-state index in [2.05, 4.69) is 5.32 Å². The lowest BCUT2D eigenvalue weighted by atomic mass is 10.1. The molecule has 2 aromatic rings. The molecule has 25 heavy (non-hydrogen) atoms. The highest BCUT2D eigenvalue weighted by Gasteiger charge is 2.28. The summed E-state index contributed by atoms with van der Waals surface area (Å²) in [6, 6.07) is 17.2. The van der Waals surface area contributed by atoms with Crippen molar-refractivity contribution in [3.05, 3.63) is 66.2 Å². The molecule has 0 saturated heterocycles. The molecule has 0 bridgehead atoms. The summed E-state index contributed by atoms with van der Waals surface area (Å²) in [5.41, 5.74) is 1.54. The van der Waals surface area contributed by atoms with Gasteiger partial charge in [0.25, 0.3) is 0 Å². The van der Waals surface area contributed by atoms with Gasteiger partial charge in [-0.1, -0.05) is 48.5 Å². The van der Waals surface area contributed by atoms with Gasteiger partial charge in [0, 0.05) is 18.8 Å². The number of aliphatic hydroxyl groups excluding tert-OH is 1. The number of aliphatic carboxylic acids is 1. The van der Waals surface area contributed by atoms with Crippen LogP contribution in [0.15, 0.2) is 60.7 Å². The molecule has 0 aliphatic heterocycles. The number of amides is 1. The zero-order chi connectivity index (χ0) is 18.1. The Balaban J connectivity index is 2.07. The van der Waals surface area contributed by atoms with Gasteiger partial charge >= 0.3 is 5.97 Å². The summed E-state index contributed by atoms with van der Waals surface area (Å²) >= 11 is 0. The zero-order valence-electron chi connectivity index (χ0n) is 13.8. The van der Waals surface area contributed by atoms with Crippen LogP contribution in [0.5, 0.6) is 0 Å². The van der Waals surface area contributed by atoms with Crippen LogP contribution in [0.3, 0.4) is 0 Å². The van der Waals surface area contributed by atoms with Crippen LogP contribution in [-0.4, -0.2) is 46.2 Å². The average Bonchev–Trinajstić information content (AvgIpc) is 2.61. The van der Waals surface area contributed by atoms with E-state index < -0.39 is 12.0 Å². The number of rotatable bonds is 9. The van der Waals surface area contributed by atoms with Gasteiger partial charge in [-0.05, 0) is 17.7 Å². The van der Waals surface area contributed by atoms with Crippen LogP contribution < -0.4 is 5.32 Å². The number of carbonyl (C=O) groups is 2. The molecule has 0 aliphatic rings. The van der Waals surface area contributed by atoms with E-state index in [0.29, 0.717) is 12.2 Å². The molecule has 0 fully saturated rings. The molecule has 1 amide bonds. The van der Waals surface area contributed by atoms with Gasteiger partial charge in [0.2, 0.25) is 5.91 Å². The Labute approximate surface area is 146 Å². The van der Waals surface area contributed by atoms with E-state index in [4.69, 9.17) is 0 Å². The van der Waals surface area contributed by atoms with Crippen LogP contribution in [0.1, 0.15) is 12.0 Å². The van der Waals surface area contributed by atoms with E-state index in [-0.39, 0.29) is 25.5 Å². The van der Waals surface area contributed by atoms with Crippen molar-refractivity contribution in [1.82, 2.24) is 4.90 Å². The molecule has 132 valence electrons. The summed E-state index contributed by atoms with van der Waals surface area (Å²) in [4.78, 5) is 25.5. The molecule has 0 unspecified atom stereocenters. The highest BCUT2D eigenvalue weighted by Crippen LogP contribution is 2.13. The van der Waals surface area contributed by atoms with E-state index in [0.717, 1.165) is 5.56 Å². The Morgan fingerprint density at radius 2 is 1.60 bits per heavy atom. The minimum atomic E-state index is -1.09. The molecule has 1 atom stereocenters. The molecular formula is C19H22N2O4. The fourth-order valence-electron chi connectivity index (χ4n) is 2.57. The number of benzene rings is 2. The van der Waals surface area contributed by atoms with Crippen molar-refractivity contribution in [1.29, 1.82) is 0 Å². The lowest BCUT2D eigenvalue weighted by molar-refractivity contribution is -0.145. The number of carboxylic acid groups (broad SMARTS) is 1. The van der Waals surface area contributed by atoms with Crippen LogP contribution in [0.2, 0.25) is 0 Å². The summed E-state index contributed by atoms with van der Waals surface area (Å²) in [5, 5.41) is 21.5. The highest BCUT2D eigenvalue weighted by atomic mass is 16.4. The Bertz CT molecular complexity index is 676. The first-order valence-electron chi connectivity index (χ1n) is 8.06. The van der Waals surface area contributed by atoms with E-state index in [1.165, 1.54) is 0 Å². The molecule has 0 radical (unpaired) electrons. The van der Waals surface area contributed by atoms with E-state index in [9.17, 15) is 19.8 Å². The number of anilines is 1. The number of para-hydroxylation sites is 1. The third kappa shape index (κ3) is 6.02. The second-order valence-electron chi connectivity index (χ2n) is 5.65. The molecule has 2 aromatic carbocycles. The normalized spacial score (nSPS) is 11.9. The fraction of sp³-hybridized carbons (Fsp3) is 0.263. The number of carboxylic acids is 1. The third-order valence-electron chi connectivity index (χ3n) is 3.78. The monoisotopic (exact) mass is 342 g/mol. The molecule has 0 saturated carbocycles. The Morgan fingerprint density at radius 1 is 1.00 bits per heavy atom. The van der Waals surface area contributed by atoms with Crippen LogP contribution in [-0.2, 0) is 16.1 Å². The van der Waals surface area contributed by atoms with E-state index in [1.54, 1.807) is 29.2 Å². The summed E-state index contributed by atoms with van der Waals surface area (Å²) in [5.74, 6) is -1.47. The summed E-state index contributed by atoms with van der Waals surface area (Å²) in [6.45, 7) is 0.332. The molecule has 0 aromatic heterocycles. The van der Waals surface area contributed by atoms with Gasteiger partial charge in [-0.3, -0.25) is 14.5 Å². The largest absolute Gasteiger partial charge is 0.480 e. The summed E-state index contributed by atoms with van der Waals surface area (Å²) in [6.07, 6.45) is -0.197. The lowest BCUT2D eigenvalue weighted by Crippen LogP contribution is -2.44. The quantitative estimate of drug-likeness (QED) is 0.648. The van der Waals surface area contributed by atoms with Crippen molar-refractivity contribution >= 4 is 17.6 Å². The van der Waals surface area contributed by atoms with E-state index in [1.807, 2.05) is 36.4 Å². The predicted octanol–water partition coefficient (Wildman–Crippen LogP) is 1.96. The van der Waals surface area contributed by atoms with Crippen LogP contribution >= 0.6 is 0 Å². The minimum Gasteiger partial charge on any atom is -0.480 e. The topological polar surface area (TPSA) is 89.9 Å². The molecule has 6 nitrogen and oxygen atoms in total. The van der Waals surface area contributed by atoms with Crippen molar-refractivity contribution in [2.24, 2.45) is 0 Å². The first kappa shape index (κ1) is 18.6. The number of nitrogens with zero attached hydrogens (tertiary/aromatic N) is 1. The van der Waals surface area contributed by atoms with Gasteiger partial charge in [0.15, 0.2) is 0 Å². The number of hydrogen-bond donors (Lipinski definition) is 3. The van der Waals surface area contributed by atoms with Gasteiger partial charge in [-0.25, -0.2) is 0 Å². The number of nitrogens with one attached hydrogen (secondary N) is 1. The van der Waals surface area contributed by atoms with Crippen molar-refractivity contribution in [2.45, 2.75) is 19.0 Å². The average molecular weight is 342 g/mol. The second-order valence-corrected chi connectivity index (χ2v) is 5.65. The first-order valence-corrected chi connectivity index (χ1v) is 8.06. The third-order valence-corrected chi connectivity index (χ3v) is 3.78. The SMILES string of the molecule is O=C(C[C@H](C(=O)O)N(CCO)Cc1ccccc1)Nc1ccccc1. The van der Waals surface area contributed by atoms with E-state index >= 15 is 0 Å². The molecular weight excluding hydrogens is 320 g/mol. The zero-order valence-corrected chi connectivity index (χ0v) is 13.8. The highest BCUT2D eigenvalue weighted by molar-refractivity contribution is 5.94. The fourth-order valence-corrected chi connectivity index (χ4v) is 2.57. The minimum absolute atomic E-state index is 0.171. The number of aliphatic hydroxyl groups is 1. The Morgan fingerprint density at radius 3 is 2.16 bits per heavy atom. The van der Waals surface area contributed by atoms with Crippen LogP contribution in [0.25, 0.3) is 0 Å². The number of hydrogen-bond acceptors (Lipinski definition) is 4. The molecule has 0 heterocycles. The van der Waals surface area contributed by atoms with Crippen LogP contribution in [0.4, 0.5) is 5.69 Å². The molecule has 6 heteroatoms. The second kappa shape index (κ2) is 9.56. The van der Waals surface area contributed by atoms with Gasteiger partial charge in [-0.15, -0.1) is 0 Å². The van der Waals surface area contributed by atoms with Crippen molar-refractivity contribution in [3.8, 4) is 0 Å². The maximum Gasteiger partial charge on any atom is 0.321 e. The van der Waals surface area contributed by atoms with Crippen molar-refractivity contribution in [2.75, 3.05) is 18.5 Å². The maximum atomic E-state index is 12.2. The van der Waals surface area contributed by atoms with Crippen LogP contribution in [0, 0.1) is 0 Å². The molecule has 3 N–H and O–H groups in total. The Kier molecular flexibility index (Phi) is 7.13. The van der Waals surface area contributed by atoms with Crippen molar-refractivity contribution in [3.63, 3.8) is 0 Å². The van der Waals surface area contributed by atoms with Gasteiger partial charge < -0.3 is 15.5 Å². The van der Waals surface area contributed by atoms with Gasteiger partial charge in [-0.2, -0.15) is 0 Å². The summed E-state index contributed by atoms with van der Waals surface area (Å²) in [7, 11) is 0. The molecule has 2 rings (SSSR count). The maximum absolute atomic E-state index is 12.2. The van der Waals surface area contributed by atoms with Gasteiger partial charge in [0.1, 0.15) is 6.04 Å².